The number of unbranched alkanes of at least 4 members (excludes halogenated alkanes) is 25. The van der Waals surface area contributed by atoms with Crippen LogP contribution in [0.5, 0.6) is 0 Å². The number of rotatable bonds is 52. The predicted molar refractivity (Wildman–Crippen MR) is 336 cm³/mol. The Balaban J connectivity index is 1.67. The first-order chi connectivity index (χ1) is 40.6. The van der Waals surface area contributed by atoms with Gasteiger partial charge in [0.25, 0.3) is 0 Å². The summed E-state index contributed by atoms with van der Waals surface area (Å²) < 4.78 is 22.8. The van der Waals surface area contributed by atoms with Gasteiger partial charge in [-0.05, 0) is 83.5 Å². The molecule has 2 aliphatic heterocycles. The van der Waals surface area contributed by atoms with Crippen LogP contribution in [0.4, 0.5) is 0 Å². The third-order valence-corrected chi connectivity index (χ3v) is 15.5. The fourth-order valence-electron chi connectivity index (χ4n) is 10.3. The molecule has 0 aliphatic carbocycles. The fourth-order valence-corrected chi connectivity index (χ4v) is 10.3. The summed E-state index contributed by atoms with van der Waals surface area (Å²) in [5, 5.41) is 87.2. The molecule has 2 aliphatic rings. The van der Waals surface area contributed by atoms with E-state index < -0.39 is 86.8 Å². The second kappa shape index (κ2) is 53.2. The maximum atomic E-state index is 13.3. The predicted octanol–water partition coefficient (Wildman–Crippen LogP) is 12.6. The number of allylic oxidation sites excluding steroid dienone is 15. The molecule has 0 aromatic carbocycles. The van der Waals surface area contributed by atoms with E-state index in [0.29, 0.717) is 12.8 Å². The lowest BCUT2D eigenvalue weighted by Crippen LogP contribution is -2.65. The van der Waals surface area contributed by atoms with Gasteiger partial charge >= 0.3 is 0 Å². The third kappa shape index (κ3) is 37.9. The highest BCUT2D eigenvalue weighted by molar-refractivity contribution is 5.76. The monoisotopic (exact) mass is 1170 g/mol. The molecule has 2 heterocycles. The molecule has 0 spiro atoms. The molecule has 12 unspecified atom stereocenters. The average Bonchev–Trinajstić information content (AvgIpc) is 3.63. The van der Waals surface area contributed by atoms with Crippen molar-refractivity contribution < 1.29 is 64.6 Å². The third-order valence-electron chi connectivity index (χ3n) is 15.5. The van der Waals surface area contributed by atoms with E-state index in [0.717, 1.165) is 70.6 Å². The lowest BCUT2D eigenvalue weighted by atomic mass is 9.97. The van der Waals surface area contributed by atoms with Crippen molar-refractivity contribution >= 4 is 5.91 Å². The van der Waals surface area contributed by atoms with Gasteiger partial charge < -0.3 is 65.1 Å². The molecule has 14 nitrogen and oxygen atoms in total. The van der Waals surface area contributed by atoms with Gasteiger partial charge in [0.2, 0.25) is 5.91 Å². The van der Waals surface area contributed by atoms with E-state index in [9.17, 15) is 45.6 Å². The first-order valence-corrected chi connectivity index (χ1v) is 33.0. The van der Waals surface area contributed by atoms with Gasteiger partial charge in [0.1, 0.15) is 48.8 Å². The summed E-state index contributed by atoms with van der Waals surface area (Å²) in [5.74, 6) is -0.253. The Morgan fingerprint density at radius 2 is 0.843 bits per heavy atom. The van der Waals surface area contributed by atoms with Gasteiger partial charge in [-0.15, -0.1) is 0 Å². The van der Waals surface area contributed by atoms with Crippen LogP contribution in [-0.4, -0.2) is 140 Å². The molecular formula is C69H119NO13. The quantitative estimate of drug-likeness (QED) is 0.0204. The lowest BCUT2D eigenvalue weighted by molar-refractivity contribution is -0.359. The average molecular weight is 1170 g/mol. The Morgan fingerprint density at radius 1 is 0.446 bits per heavy atom. The SMILES string of the molecule is CC/C=C\C/C=C\C/C=C\C/C=C\C/C=C\C/C=C\CCCCCCCCCCCCCCCCC(=O)NC(COC1OC(CO)C(OC2OC(CO)C(O)C(O)C2O)C(O)C1O)C(O)/C=C/CC/C=C/CCCCCCCCCCCC. The Labute approximate surface area is 503 Å². The Bertz CT molecular complexity index is 1760. The molecular weight excluding hydrogens is 1050 g/mol. The van der Waals surface area contributed by atoms with E-state index in [1.807, 2.05) is 6.08 Å². The zero-order valence-electron chi connectivity index (χ0n) is 51.7. The molecule has 2 fully saturated rings. The zero-order valence-corrected chi connectivity index (χ0v) is 51.7. The van der Waals surface area contributed by atoms with Crippen molar-refractivity contribution in [3.63, 3.8) is 0 Å². The van der Waals surface area contributed by atoms with Crippen molar-refractivity contribution in [2.75, 3.05) is 19.8 Å². The van der Waals surface area contributed by atoms with Gasteiger partial charge in [-0.25, -0.2) is 0 Å². The minimum absolute atomic E-state index is 0.253. The molecule has 2 saturated heterocycles. The van der Waals surface area contributed by atoms with Crippen LogP contribution in [0.25, 0.3) is 0 Å². The fraction of sp³-hybridized carbons (Fsp3) is 0.754. The molecule has 0 radical (unpaired) electrons. The van der Waals surface area contributed by atoms with Gasteiger partial charge in [-0.2, -0.15) is 0 Å². The molecule has 0 bridgehead atoms. The highest BCUT2D eigenvalue weighted by atomic mass is 16.7. The molecule has 83 heavy (non-hydrogen) atoms. The maximum Gasteiger partial charge on any atom is 0.220 e. The molecule has 9 N–H and O–H groups in total. The van der Waals surface area contributed by atoms with Crippen LogP contribution in [0.15, 0.2) is 97.2 Å². The molecule has 12 atom stereocenters. The van der Waals surface area contributed by atoms with Crippen LogP contribution in [0, 0.1) is 0 Å². The summed E-state index contributed by atoms with van der Waals surface area (Å²) in [6.45, 7) is 2.66. The van der Waals surface area contributed by atoms with Gasteiger partial charge in [0, 0.05) is 6.42 Å². The van der Waals surface area contributed by atoms with E-state index in [1.54, 1.807) is 6.08 Å². The van der Waals surface area contributed by atoms with Crippen molar-refractivity contribution in [2.45, 2.75) is 312 Å². The number of carbonyl (C=O) groups is 1. The van der Waals surface area contributed by atoms with Gasteiger partial charge in [-0.3, -0.25) is 4.79 Å². The second-order valence-corrected chi connectivity index (χ2v) is 22.9. The summed E-state index contributed by atoms with van der Waals surface area (Å²) in [5.41, 5.74) is 0. The topological polar surface area (TPSA) is 228 Å². The van der Waals surface area contributed by atoms with Crippen molar-refractivity contribution in [3.05, 3.63) is 97.2 Å². The summed E-state index contributed by atoms with van der Waals surface area (Å²) in [6.07, 6.45) is 57.4. The summed E-state index contributed by atoms with van der Waals surface area (Å²) >= 11 is 0. The van der Waals surface area contributed by atoms with Crippen LogP contribution < -0.4 is 5.32 Å². The number of ether oxygens (including phenoxy) is 4. The Hall–Kier alpha value is -3.09. The highest BCUT2D eigenvalue weighted by Crippen LogP contribution is 2.30. The second-order valence-electron chi connectivity index (χ2n) is 22.9. The maximum absolute atomic E-state index is 13.3. The largest absolute Gasteiger partial charge is 0.394 e. The number of carbonyl (C=O) groups excluding carboxylic acids is 1. The number of aliphatic hydroxyl groups excluding tert-OH is 8. The summed E-state index contributed by atoms with van der Waals surface area (Å²) in [6, 6.07) is -0.937. The van der Waals surface area contributed by atoms with Crippen molar-refractivity contribution in [2.24, 2.45) is 0 Å². The molecule has 0 aromatic rings. The number of amides is 1. The minimum Gasteiger partial charge on any atom is -0.394 e. The molecule has 14 heteroatoms. The molecule has 1 amide bonds. The van der Waals surface area contributed by atoms with Gasteiger partial charge in [-0.1, -0.05) is 246 Å². The van der Waals surface area contributed by atoms with E-state index >= 15 is 0 Å². The molecule has 0 saturated carbocycles. The van der Waals surface area contributed by atoms with Crippen LogP contribution in [-0.2, 0) is 23.7 Å². The Kier molecular flexibility index (Phi) is 48.7. The van der Waals surface area contributed by atoms with Crippen LogP contribution in [0.2, 0.25) is 0 Å². The van der Waals surface area contributed by atoms with Gasteiger partial charge in [0.05, 0.1) is 32.0 Å². The number of hydrogen-bond acceptors (Lipinski definition) is 13. The molecule has 2 rings (SSSR count). The first-order valence-electron chi connectivity index (χ1n) is 33.0. The zero-order chi connectivity index (χ0) is 60.2. The van der Waals surface area contributed by atoms with Crippen molar-refractivity contribution in [3.8, 4) is 0 Å². The smallest absolute Gasteiger partial charge is 0.220 e. The minimum atomic E-state index is -1.79. The van der Waals surface area contributed by atoms with Crippen LogP contribution in [0.3, 0.4) is 0 Å². The summed E-state index contributed by atoms with van der Waals surface area (Å²) in [7, 11) is 0. The lowest BCUT2D eigenvalue weighted by Gasteiger charge is -2.46. The number of nitrogens with one attached hydrogen (secondary N) is 1. The number of aliphatic hydroxyl groups is 8. The first kappa shape index (κ1) is 76.0. The molecule has 0 aromatic heterocycles. The van der Waals surface area contributed by atoms with E-state index in [-0.39, 0.29) is 18.9 Å². The van der Waals surface area contributed by atoms with Crippen molar-refractivity contribution in [1.82, 2.24) is 5.32 Å². The van der Waals surface area contributed by atoms with Gasteiger partial charge in [0.15, 0.2) is 12.6 Å². The molecule has 478 valence electrons. The van der Waals surface area contributed by atoms with Crippen LogP contribution in [0.1, 0.15) is 239 Å². The van der Waals surface area contributed by atoms with Crippen molar-refractivity contribution in [1.29, 1.82) is 0 Å². The van der Waals surface area contributed by atoms with E-state index in [1.165, 1.54) is 135 Å². The number of hydrogen-bond donors (Lipinski definition) is 9. The van der Waals surface area contributed by atoms with E-state index in [2.05, 4.69) is 104 Å². The normalized spacial score (nSPS) is 24.5. The summed E-state index contributed by atoms with van der Waals surface area (Å²) in [4.78, 5) is 13.3. The van der Waals surface area contributed by atoms with E-state index in [4.69, 9.17) is 18.9 Å². The Morgan fingerprint density at radius 3 is 1.33 bits per heavy atom. The highest BCUT2D eigenvalue weighted by Gasteiger charge is 2.51. The standard InChI is InChI=1S/C69H119NO13/c1-3-5-7-9-11-13-15-17-19-21-22-23-24-25-26-27-28-29-30-31-32-33-34-35-36-37-39-41-43-45-47-49-51-53-61(74)70-57(58(73)52-50-48-46-44-42-40-38-20-18-16-14-12-10-8-6-4-2)56-80-68-66(79)64(77)67(60(55-72)82-68)83-69-65(78)63(76)62(75)59(54-71)81-69/h5,7,11,13,17,19,22-23,25-26,28-29,42,44,50,52,57-60,62-69,71-73,75-79H,3-4,6,8-10,12,14-16,18,20-21,24,27,30-41,43,45-49,51,53-56H2,1-2H3,(H,70,74)/b7-5-,13-11-,19-17-,23-22-,26-25-,29-28-,44-42+,52-50+. The van der Waals surface area contributed by atoms with Crippen LogP contribution >= 0.6 is 0 Å².